The fourth-order valence-corrected chi connectivity index (χ4v) is 2.26. The van der Waals surface area contributed by atoms with Gasteiger partial charge in [-0.15, -0.1) is 0 Å². The molecule has 0 atom stereocenters. The number of benzene rings is 1. The zero-order chi connectivity index (χ0) is 15.7. The highest BCUT2D eigenvalue weighted by Crippen LogP contribution is 2.36. The lowest BCUT2D eigenvalue weighted by Gasteiger charge is -2.29. The smallest absolute Gasteiger partial charge is 0.170 e. The minimum atomic E-state index is 0.0672. The van der Waals surface area contributed by atoms with Crippen molar-refractivity contribution in [3.8, 4) is 0 Å². The highest BCUT2D eigenvalue weighted by atomic mass is 32.1. The average molecular weight is 292 g/mol. The second kappa shape index (κ2) is 5.72. The Morgan fingerprint density at radius 2 is 1.55 bits per heavy atom. The lowest BCUT2D eigenvalue weighted by Crippen LogP contribution is -2.27. The number of nitrogens with one attached hydrogen (secondary N) is 2. The van der Waals surface area contributed by atoms with Gasteiger partial charge in [-0.1, -0.05) is 53.7 Å². The fraction of sp³-hybridized carbons (Fsp3) is 0.588. The van der Waals surface area contributed by atoms with Crippen molar-refractivity contribution in [2.45, 2.75) is 59.3 Å². The van der Waals surface area contributed by atoms with E-state index in [1.54, 1.807) is 0 Å². The van der Waals surface area contributed by atoms with E-state index in [0.717, 1.165) is 5.69 Å². The van der Waals surface area contributed by atoms with Crippen molar-refractivity contribution in [1.29, 1.82) is 0 Å². The zero-order valence-corrected chi connectivity index (χ0v) is 14.9. The molecular weight excluding hydrogens is 264 g/mol. The molecule has 20 heavy (non-hydrogen) atoms. The van der Waals surface area contributed by atoms with Crippen LogP contribution in [0.3, 0.4) is 0 Å². The maximum Gasteiger partial charge on any atom is 0.170 e. The fourth-order valence-electron chi connectivity index (χ4n) is 2.15. The molecule has 1 aromatic rings. The van der Waals surface area contributed by atoms with E-state index in [4.69, 9.17) is 12.2 Å². The molecule has 2 nitrogen and oxygen atoms in total. The van der Waals surface area contributed by atoms with Crippen LogP contribution in [0.2, 0.25) is 0 Å². The van der Waals surface area contributed by atoms with Crippen molar-refractivity contribution in [2.75, 3.05) is 12.4 Å². The van der Waals surface area contributed by atoms with Crippen molar-refractivity contribution in [3.05, 3.63) is 28.8 Å². The number of hydrogen-bond donors (Lipinski definition) is 2. The second-order valence-electron chi connectivity index (χ2n) is 7.42. The van der Waals surface area contributed by atoms with Gasteiger partial charge < -0.3 is 10.6 Å². The Labute approximate surface area is 129 Å². The van der Waals surface area contributed by atoms with Crippen LogP contribution in [0.4, 0.5) is 5.69 Å². The molecule has 0 aliphatic carbocycles. The van der Waals surface area contributed by atoms with E-state index >= 15 is 0 Å². The molecular formula is C17H28N2S. The van der Waals surface area contributed by atoms with E-state index < -0.39 is 0 Å². The molecule has 0 saturated carbocycles. The second-order valence-corrected chi connectivity index (χ2v) is 7.83. The highest BCUT2D eigenvalue weighted by Gasteiger charge is 2.24. The van der Waals surface area contributed by atoms with Crippen molar-refractivity contribution in [2.24, 2.45) is 0 Å². The largest absolute Gasteiger partial charge is 0.366 e. The Morgan fingerprint density at radius 3 is 1.95 bits per heavy atom. The molecule has 112 valence electrons. The first-order valence-corrected chi connectivity index (χ1v) is 7.52. The van der Waals surface area contributed by atoms with Gasteiger partial charge in [-0.05, 0) is 46.7 Å². The first kappa shape index (κ1) is 17.0. The SMILES string of the molecule is CNC(=S)Nc1c(C)cc(C(C)(C)C)cc1C(C)(C)C. The molecule has 0 heterocycles. The van der Waals surface area contributed by atoms with Gasteiger partial charge in [-0.3, -0.25) is 0 Å². The van der Waals surface area contributed by atoms with Crippen LogP contribution in [-0.4, -0.2) is 12.2 Å². The standard InChI is InChI=1S/C17H28N2S/c1-11-9-12(16(2,3)4)10-13(17(5,6)7)14(11)19-15(20)18-8/h9-10H,1-8H3,(H2,18,19,20). The summed E-state index contributed by atoms with van der Waals surface area (Å²) in [5, 5.41) is 6.97. The van der Waals surface area contributed by atoms with E-state index in [9.17, 15) is 0 Å². The van der Waals surface area contributed by atoms with E-state index in [2.05, 4.69) is 71.2 Å². The van der Waals surface area contributed by atoms with Crippen molar-refractivity contribution < 1.29 is 0 Å². The van der Waals surface area contributed by atoms with Gasteiger partial charge in [0.1, 0.15) is 0 Å². The molecule has 0 spiro atoms. The van der Waals surface area contributed by atoms with Gasteiger partial charge in [-0.25, -0.2) is 0 Å². The summed E-state index contributed by atoms with van der Waals surface area (Å²) in [6.07, 6.45) is 0. The third kappa shape index (κ3) is 3.95. The van der Waals surface area contributed by atoms with E-state index in [-0.39, 0.29) is 10.8 Å². The minimum absolute atomic E-state index is 0.0672. The van der Waals surface area contributed by atoms with Crippen molar-refractivity contribution in [1.82, 2.24) is 5.32 Å². The lowest BCUT2D eigenvalue weighted by molar-refractivity contribution is 0.569. The quantitative estimate of drug-likeness (QED) is 0.745. The molecule has 2 N–H and O–H groups in total. The average Bonchev–Trinajstić information content (AvgIpc) is 2.28. The summed E-state index contributed by atoms with van der Waals surface area (Å²) in [5.41, 5.74) is 5.25. The summed E-state index contributed by atoms with van der Waals surface area (Å²) < 4.78 is 0. The zero-order valence-electron chi connectivity index (χ0n) is 14.1. The summed E-state index contributed by atoms with van der Waals surface area (Å²) in [4.78, 5) is 0. The summed E-state index contributed by atoms with van der Waals surface area (Å²) in [6.45, 7) is 15.6. The summed E-state index contributed by atoms with van der Waals surface area (Å²) in [6, 6.07) is 4.57. The Morgan fingerprint density at radius 1 is 1.00 bits per heavy atom. The van der Waals surface area contributed by atoms with Crippen LogP contribution in [0.25, 0.3) is 0 Å². The third-order valence-corrected chi connectivity index (χ3v) is 3.78. The van der Waals surface area contributed by atoms with Gasteiger partial charge in [0, 0.05) is 12.7 Å². The van der Waals surface area contributed by atoms with E-state index in [1.165, 1.54) is 16.7 Å². The molecule has 0 aromatic heterocycles. The predicted molar refractivity (Wildman–Crippen MR) is 93.9 cm³/mol. The monoisotopic (exact) mass is 292 g/mol. The van der Waals surface area contributed by atoms with Gasteiger partial charge in [-0.2, -0.15) is 0 Å². The highest BCUT2D eigenvalue weighted by molar-refractivity contribution is 7.80. The van der Waals surface area contributed by atoms with Crippen LogP contribution in [0.1, 0.15) is 58.2 Å². The van der Waals surface area contributed by atoms with E-state index in [1.807, 2.05) is 7.05 Å². The summed E-state index contributed by atoms with van der Waals surface area (Å²) in [7, 11) is 1.84. The lowest BCUT2D eigenvalue weighted by atomic mass is 9.78. The first-order chi connectivity index (χ1) is 8.96. The van der Waals surface area contributed by atoms with Crippen LogP contribution in [0.5, 0.6) is 0 Å². The predicted octanol–water partition coefficient (Wildman–Crippen LogP) is 4.51. The molecule has 0 fully saturated rings. The Bertz CT molecular complexity index is 505. The summed E-state index contributed by atoms with van der Waals surface area (Å²) >= 11 is 5.26. The summed E-state index contributed by atoms with van der Waals surface area (Å²) in [5.74, 6) is 0. The Balaban J connectivity index is 3.47. The number of aryl methyl sites for hydroxylation is 1. The van der Waals surface area contributed by atoms with Crippen molar-refractivity contribution >= 4 is 23.0 Å². The van der Waals surface area contributed by atoms with Crippen LogP contribution >= 0.6 is 12.2 Å². The Hall–Kier alpha value is -1.09. The first-order valence-electron chi connectivity index (χ1n) is 7.11. The number of rotatable bonds is 1. The van der Waals surface area contributed by atoms with E-state index in [0.29, 0.717) is 5.11 Å². The van der Waals surface area contributed by atoms with Crippen molar-refractivity contribution in [3.63, 3.8) is 0 Å². The Kier molecular flexibility index (Phi) is 4.86. The number of hydrogen-bond acceptors (Lipinski definition) is 1. The van der Waals surface area contributed by atoms with Crippen LogP contribution < -0.4 is 10.6 Å². The van der Waals surface area contributed by atoms with Crippen LogP contribution in [0.15, 0.2) is 12.1 Å². The number of anilines is 1. The molecule has 3 heteroatoms. The van der Waals surface area contributed by atoms with Gasteiger partial charge in [0.15, 0.2) is 5.11 Å². The molecule has 0 bridgehead atoms. The molecule has 0 amide bonds. The molecule has 0 aliphatic heterocycles. The molecule has 1 aromatic carbocycles. The van der Waals surface area contributed by atoms with Crippen LogP contribution in [0, 0.1) is 6.92 Å². The molecule has 0 unspecified atom stereocenters. The van der Waals surface area contributed by atoms with Gasteiger partial charge in [0.2, 0.25) is 0 Å². The molecule has 1 rings (SSSR count). The molecule has 0 saturated heterocycles. The minimum Gasteiger partial charge on any atom is -0.366 e. The molecule has 0 radical (unpaired) electrons. The van der Waals surface area contributed by atoms with Gasteiger partial charge in [0.05, 0.1) is 0 Å². The topological polar surface area (TPSA) is 24.1 Å². The third-order valence-electron chi connectivity index (χ3n) is 3.48. The van der Waals surface area contributed by atoms with Gasteiger partial charge in [0.25, 0.3) is 0 Å². The normalized spacial score (nSPS) is 12.2. The van der Waals surface area contributed by atoms with Crippen LogP contribution in [-0.2, 0) is 10.8 Å². The number of thiocarbonyl (C=S) groups is 1. The van der Waals surface area contributed by atoms with Gasteiger partial charge >= 0.3 is 0 Å². The molecule has 0 aliphatic rings. The maximum atomic E-state index is 5.26. The maximum absolute atomic E-state index is 5.26.